The summed E-state index contributed by atoms with van der Waals surface area (Å²) in [5.74, 6) is 1.64. The van der Waals surface area contributed by atoms with Gasteiger partial charge in [0.25, 0.3) is 5.91 Å². The van der Waals surface area contributed by atoms with Crippen molar-refractivity contribution in [2.75, 3.05) is 19.6 Å². The molecule has 2 heterocycles. The van der Waals surface area contributed by atoms with Crippen LogP contribution in [0.4, 0.5) is 0 Å². The highest BCUT2D eigenvalue weighted by molar-refractivity contribution is 5.90. The van der Waals surface area contributed by atoms with Crippen LogP contribution in [0.5, 0.6) is 0 Å². The maximum Gasteiger partial charge on any atom is 0.293 e. The topological polar surface area (TPSA) is 73.9 Å². The average molecular weight is 235 g/mol. The first-order chi connectivity index (χ1) is 8.25. The number of nitrogens with one attached hydrogen (secondary N) is 2. The van der Waals surface area contributed by atoms with Crippen molar-refractivity contribution in [3.8, 4) is 0 Å². The highest BCUT2D eigenvalue weighted by atomic mass is 16.2. The van der Waals surface area contributed by atoms with Gasteiger partial charge in [-0.15, -0.1) is 5.10 Å². The normalized spacial score (nSPS) is 25.0. The van der Waals surface area contributed by atoms with Gasteiger partial charge in [0.2, 0.25) is 5.82 Å². The summed E-state index contributed by atoms with van der Waals surface area (Å²) in [6.45, 7) is 4.45. The minimum absolute atomic E-state index is 0.0536. The van der Waals surface area contributed by atoms with Crippen molar-refractivity contribution >= 4 is 5.91 Å². The van der Waals surface area contributed by atoms with Crippen LogP contribution < -0.4 is 5.32 Å². The number of nitrogens with zero attached hydrogens (tertiary/aromatic N) is 3. The molecule has 6 nitrogen and oxygen atoms in total. The Balaban J connectivity index is 1.75. The Labute approximate surface area is 99.8 Å². The Bertz CT molecular complexity index is 425. The van der Waals surface area contributed by atoms with Crippen LogP contribution in [0.3, 0.4) is 0 Å². The third-order valence-corrected chi connectivity index (χ3v) is 3.42. The van der Waals surface area contributed by atoms with Gasteiger partial charge in [-0.3, -0.25) is 9.89 Å². The second-order valence-corrected chi connectivity index (χ2v) is 4.87. The fraction of sp³-hybridized carbons (Fsp3) is 0.727. The third kappa shape index (κ3) is 2.04. The number of aromatic amines is 1. The molecule has 2 N–H and O–H groups in total. The van der Waals surface area contributed by atoms with E-state index in [0.717, 1.165) is 38.3 Å². The van der Waals surface area contributed by atoms with Gasteiger partial charge in [-0.25, -0.2) is 4.98 Å². The third-order valence-electron chi connectivity index (χ3n) is 3.42. The van der Waals surface area contributed by atoms with Crippen molar-refractivity contribution < 1.29 is 4.79 Å². The monoisotopic (exact) mass is 235 g/mol. The van der Waals surface area contributed by atoms with Gasteiger partial charge in [-0.1, -0.05) is 0 Å². The van der Waals surface area contributed by atoms with E-state index in [-0.39, 0.29) is 11.9 Å². The Hall–Kier alpha value is -1.43. The molecule has 1 saturated heterocycles. The number of hydrogen-bond acceptors (Lipinski definition) is 4. The van der Waals surface area contributed by atoms with Gasteiger partial charge in [-0.05, 0) is 19.8 Å². The maximum absolute atomic E-state index is 12.2. The number of carbonyl (C=O) groups is 1. The van der Waals surface area contributed by atoms with Crippen LogP contribution in [0.1, 0.15) is 42.1 Å². The van der Waals surface area contributed by atoms with E-state index >= 15 is 0 Å². The van der Waals surface area contributed by atoms with Crippen LogP contribution in [0, 0.1) is 0 Å². The number of hydrogen-bond donors (Lipinski definition) is 2. The van der Waals surface area contributed by atoms with Crippen molar-refractivity contribution in [1.29, 1.82) is 0 Å². The van der Waals surface area contributed by atoms with Gasteiger partial charge >= 0.3 is 0 Å². The van der Waals surface area contributed by atoms with E-state index in [1.807, 2.05) is 11.8 Å². The minimum Gasteiger partial charge on any atom is -0.331 e. The number of aromatic nitrogens is 3. The molecule has 2 fully saturated rings. The molecule has 1 aliphatic carbocycles. The average Bonchev–Trinajstić information content (AvgIpc) is 3.07. The number of rotatable bonds is 2. The van der Waals surface area contributed by atoms with Crippen LogP contribution >= 0.6 is 0 Å². The van der Waals surface area contributed by atoms with Crippen molar-refractivity contribution in [2.45, 2.75) is 31.7 Å². The highest BCUT2D eigenvalue weighted by Gasteiger charge is 2.30. The number of piperazine rings is 1. The summed E-state index contributed by atoms with van der Waals surface area (Å²) >= 11 is 0. The smallest absolute Gasteiger partial charge is 0.293 e. The van der Waals surface area contributed by atoms with Gasteiger partial charge in [0, 0.05) is 31.6 Å². The fourth-order valence-electron chi connectivity index (χ4n) is 2.18. The molecule has 1 aromatic rings. The van der Waals surface area contributed by atoms with Crippen molar-refractivity contribution in [2.24, 2.45) is 0 Å². The molecule has 0 aromatic carbocycles. The first-order valence-electron chi connectivity index (χ1n) is 6.19. The zero-order valence-corrected chi connectivity index (χ0v) is 9.94. The lowest BCUT2D eigenvalue weighted by molar-refractivity contribution is 0.0643. The molecule has 92 valence electrons. The van der Waals surface area contributed by atoms with Crippen LogP contribution in [0.25, 0.3) is 0 Å². The first kappa shape index (κ1) is 10.7. The van der Waals surface area contributed by atoms with Crippen LogP contribution in [0.15, 0.2) is 0 Å². The van der Waals surface area contributed by atoms with Crippen LogP contribution in [0.2, 0.25) is 0 Å². The summed E-state index contributed by atoms with van der Waals surface area (Å²) in [4.78, 5) is 18.4. The Kier molecular flexibility index (Phi) is 2.58. The standard InChI is InChI=1S/C11H17N5O/c1-7-6-12-4-5-16(7)11(17)10-13-9(14-15-10)8-2-3-8/h7-8,12H,2-6H2,1H3,(H,13,14,15)/t7-/m1/s1. The van der Waals surface area contributed by atoms with E-state index in [1.165, 1.54) is 0 Å². The predicted molar refractivity (Wildman–Crippen MR) is 61.7 cm³/mol. The number of amides is 1. The lowest BCUT2D eigenvalue weighted by atomic mass is 10.2. The molecule has 0 radical (unpaired) electrons. The molecular weight excluding hydrogens is 218 g/mol. The molecule has 3 rings (SSSR count). The number of carbonyl (C=O) groups excluding carboxylic acids is 1. The molecule has 0 spiro atoms. The minimum atomic E-state index is -0.0536. The first-order valence-corrected chi connectivity index (χ1v) is 6.19. The van der Waals surface area contributed by atoms with Gasteiger partial charge in [0.15, 0.2) is 0 Å². The molecule has 1 saturated carbocycles. The van der Waals surface area contributed by atoms with E-state index < -0.39 is 0 Å². The molecule has 1 amide bonds. The van der Waals surface area contributed by atoms with E-state index in [1.54, 1.807) is 0 Å². The van der Waals surface area contributed by atoms with Gasteiger partial charge in [0.1, 0.15) is 5.82 Å². The second-order valence-electron chi connectivity index (χ2n) is 4.87. The van der Waals surface area contributed by atoms with Gasteiger partial charge < -0.3 is 10.2 Å². The summed E-state index contributed by atoms with van der Waals surface area (Å²) in [6.07, 6.45) is 2.32. The van der Waals surface area contributed by atoms with Gasteiger partial charge in [0.05, 0.1) is 0 Å². The summed E-state index contributed by atoms with van der Waals surface area (Å²) < 4.78 is 0. The fourth-order valence-corrected chi connectivity index (χ4v) is 2.18. The van der Waals surface area contributed by atoms with Crippen LogP contribution in [-0.2, 0) is 0 Å². The SMILES string of the molecule is C[C@@H]1CNCCN1C(=O)c1n[nH]c(C2CC2)n1. The molecule has 17 heavy (non-hydrogen) atoms. The summed E-state index contributed by atoms with van der Waals surface area (Å²) in [6, 6.07) is 0.208. The number of H-pyrrole nitrogens is 1. The quantitative estimate of drug-likeness (QED) is 0.763. The predicted octanol–water partition coefficient (Wildman–Crippen LogP) is 0.116. The second kappa shape index (κ2) is 4.10. The molecule has 0 bridgehead atoms. The summed E-state index contributed by atoms with van der Waals surface area (Å²) in [5, 5.41) is 10.2. The van der Waals surface area contributed by atoms with E-state index in [2.05, 4.69) is 20.5 Å². The van der Waals surface area contributed by atoms with Gasteiger partial charge in [-0.2, -0.15) is 0 Å². The molecule has 1 aromatic heterocycles. The van der Waals surface area contributed by atoms with E-state index in [4.69, 9.17) is 0 Å². The molecule has 6 heteroatoms. The zero-order valence-electron chi connectivity index (χ0n) is 9.94. The Morgan fingerprint density at radius 3 is 3.00 bits per heavy atom. The molecular formula is C11H17N5O. The maximum atomic E-state index is 12.2. The molecule has 1 atom stereocenters. The summed E-state index contributed by atoms with van der Waals surface area (Å²) in [7, 11) is 0. The van der Waals surface area contributed by atoms with Crippen molar-refractivity contribution in [1.82, 2.24) is 25.4 Å². The summed E-state index contributed by atoms with van der Waals surface area (Å²) in [5.41, 5.74) is 0. The highest BCUT2D eigenvalue weighted by Crippen LogP contribution is 2.37. The van der Waals surface area contributed by atoms with Crippen LogP contribution in [-0.4, -0.2) is 51.7 Å². The lowest BCUT2D eigenvalue weighted by Crippen LogP contribution is -2.52. The molecule has 1 aliphatic heterocycles. The zero-order chi connectivity index (χ0) is 11.8. The largest absolute Gasteiger partial charge is 0.331 e. The van der Waals surface area contributed by atoms with E-state index in [0.29, 0.717) is 11.7 Å². The Morgan fingerprint density at radius 2 is 2.29 bits per heavy atom. The lowest BCUT2D eigenvalue weighted by Gasteiger charge is -2.33. The Morgan fingerprint density at radius 1 is 1.47 bits per heavy atom. The van der Waals surface area contributed by atoms with Crippen molar-refractivity contribution in [3.05, 3.63) is 11.6 Å². The van der Waals surface area contributed by atoms with Crippen molar-refractivity contribution in [3.63, 3.8) is 0 Å². The molecule has 2 aliphatic rings. The van der Waals surface area contributed by atoms with E-state index in [9.17, 15) is 4.79 Å². The molecule has 0 unspecified atom stereocenters.